The van der Waals surface area contributed by atoms with Crippen molar-refractivity contribution in [2.75, 3.05) is 50.0 Å². The molecule has 0 amide bonds. The summed E-state index contributed by atoms with van der Waals surface area (Å²) in [6, 6.07) is 11.5. The van der Waals surface area contributed by atoms with Gasteiger partial charge in [-0.25, -0.2) is 0 Å². The fraction of sp³-hybridized carbons (Fsp3) is 0.333. The highest BCUT2D eigenvalue weighted by molar-refractivity contribution is 5.66. The molecule has 0 spiro atoms. The van der Waals surface area contributed by atoms with Crippen LogP contribution in [0.2, 0.25) is 0 Å². The van der Waals surface area contributed by atoms with Crippen LogP contribution in [-0.2, 0) is 11.3 Å². The normalized spacial score (nSPS) is 14.5. The number of hydrogen-bond donors (Lipinski definition) is 2. The molecule has 1 aliphatic heterocycles. The van der Waals surface area contributed by atoms with Crippen molar-refractivity contribution in [2.24, 2.45) is 0 Å². The average molecular weight is 427 g/mol. The molecule has 164 valence electrons. The number of nitrogens with one attached hydrogen (secondary N) is 2. The highest BCUT2D eigenvalue weighted by atomic mass is 16.6. The van der Waals surface area contributed by atoms with Gasteiger partial charge in [0, 0.05) is 44.9 Å². The Bertz CT molecular complexity index is 944. The van der Waals surface area contributed by atoms with Crippen molar-refractivity contribution in [3.8, 4) is 0 Å². The molecule has 1 saturated heterocycles. The Kier molecular flexibility index (Phi) is 7.91. The van der Waals surface area contributed by atoms with E-state index >= 15 is 0 Å². The van der Waals surface area contributed by atoms with Crippen LogP contribution in [-0.4, -0.2) is 54.1 Å². The average Bonchev–Trinajstić information content (AvgIpc) is 2.77. The quantitative estimate of drug-likeness (QED) is 0.336. The van der Waals surface area contributed by atoms with Crippen LogP contribution in [0, 0.1) is 20.2 Å². The van der Waals surface area contributed by atoms with Gasteiger partial charge in [0.15, 0.2) is 0 Å². The molecule has 0 saturated carbocycles. The number of rotatable bonds is 10. The minimum absolute atomic E-state index is 0.0155. The summed E-state index contributed by atoms with van der Waals surface area (Å²) in [5.41, 5.74) is 1.87. The summed E-state index contributed by atoms with van der Waals surface area (Å²) in [5.74, 6) is 0. The predicted molar refractivity (Wildman–Crippen MR) is 118 cm³/mol. The smallest absolute Gasteiger partial charge is 0.292 e. The molecule has 1 fully saturated rings. The lowest BCUT2D eigenvalue weighted by Crippen LogP contribution is -2.35. The summed E-state index contributed by atoms with van der Waals surface area (Å²) >= 11 is 0. The van der Waals surface area contributed by atoms with Crippen molar-refractivity contribution < 1.29 is 14.6 Å². The molecule has 1 heterocycles. The zero-order valence-electron chi connectivity index (χ0n) is 17.0. The summed E-state index contributed by atoms with van der Waals surface area (Å²) in [6.45, 7) is 4.29. The number of nitrogens with zero attached hydrogens (tertiary/aromatic N) is 3. The SMILES string of the molecule is O=[N+]([O-])c1ccccc1NC/C=C/CNc1c(CN2CCOCC2)cccc1[N+](=O)[O-]. The summed E-state index contributed by atoms with van der Waals surface area (Å²) in [4.78, 5) is 23.9. The van der Waals surface area contributed by atoms with Gasteiger partial charge in [0.25, 0.3) is 11.4 Å². The van der Waals surface area contributed by atoms with Crippen LogP contribution >= 0.6 is 0 Å². The highest BCUT2D eigenvalue weighted by Gasteiger charge is 2.19. The first-order chi connectivity index (χ1) is 15.1. The van der Waals surface area contributed by atoms with Crippen LogP contribution in [0.1, 0.15) is 5.56 Å². The maximum Gasteiger partial charge on any atom is 0.292 e. The zero-order chi connectivity index (χ0) is 22.1. The highest BCUT2D eigenvalue weighted by Crippen LogP contribution is 2.29. The molecule has 0 unspecified atom stereocenters. The summed E-state index contributed by atoms with van der Waals surface area (Å²) in [6.07, 6.45) is 3.65. The topological polar surface area (TPSA) is 123 Å². The molecule has 0 aliphatic carbocycles. The Morgan fingerprint density at radius 3 is 2.26 bits per heavy atom. The van der Waals surface area contributed by atoms with E-state index in [-0.39, 0.29) is 16.3 Å². The number of hydrogen-bond acceptors (Lipinski definition) is 8. The van der Waals surface area contributed by atoms with Gasteiger partial charge in [-0.2, -0.15) is 0 Å². The number of nitro benzene ring substituents is 2. The molecule has 31 heavy (non-hydrogen) atoms. The predicted octanol–water partition coefficient (Wildman–Crippen LogP) is 3.42. The summed E-state index contributed by atoms with van der Waals surface area (Å²) in [7, 11) is 0. The standard InChI is InChI=1S/C21H25N5O5/c27-25(28)19-8-2-1-7-18(19)22-10-3-4-11-23-21-17(6-5-9-20(21)26(29)30)16-24-12-14-31-15-13-24/h1-9,22-23H,10-16H2/b4-3+. The number of benzene rings is 2. The van der Waals surface area contributed by atoms with Crippen molar-refractivity contribution in [3.63, 3.8) is 0 Å². The van der Waals surface area contributed by atoms with Gasteiger partial charge in [-0.3, -0.25) is 25.1 Å². The van der Waals surface area contributed by atoms with Crippen LogP contribution in [0.15, 0.2) is 54.6 Å². The van der Waals surface area contributed by atoms with E-state index in [4.69, 9.17) is 4.74 Å². The third-order valence-corrected chi connectivity index (χ3v) is 4.90. The molecule has 0 radical (unpaired) electrons. The van der Waals surface area contributed by atoms with Crippen molar-refractivity contribution in [1.29, 1.82) is 0 Å². The first-order valence-electron chi connectivity index (χ1n) is 9.99. The monoisotopic (exact) mass is 427 g/mol. The van der Waals surface area contributed by atoms with Crippen molar-refractivity contribution in [2.45, 2.75) is 6.54 Å². The van der Waals surface area contributed by atoms with E-state index in [1.54, 1.807) is 24.3 Å². The summed E-state index contributed by atoms with van der Waals surface area (Å²) < 4.78 is 5.37. The van der Waals surface area contributed by atoms with Gasteiger partial charge in [-0.05, 0) is 11.6 Å². The molecule has 2 aromatic carbocycles. The van der Waals surface area contributed by atoms with Gasteiger partial charge in [-0.1, -0.05) is 36.4 Å². The van der Waals surface area contributed by atoms with Crippen molar-refractivity contribution in [3.05, 3.63) is 80.4 Å². The molecule has 0 aromatic heterocycles. The van der Waals surface area contributed by atoms with Crippen LogP contribution in [0.5, 0.6) is 0 Å². The number of morpholine rings is 1. The Morgan fingerprint density at radius 1 is 0.903 bits per heavy atom. The van der Waals surface area contributed by atoms with Crippen LogP contribution in [0.25, 0.3) is 0 Å². The Hall–Kier alpha value is -3.50. The fourth-order valence-corrected chi connectivity index (χ4v) is 3.35. The lowest BCUT2D eigenvalue weighted by Gasteiger charge is -2.27. The third kappa shape index (κ3) is 6.24. The first-order valence-corrected chi connectivity index (χ1v) is 9.99. The van der Waals surface area contributed by atoms with Gasteiger partial charge < -0.3 is 15.4 Å². The minimum atomic E-state index is -0.432. The van der Waals surface area contributed by atoms with E-state index in [1.165, 1.54) is 12.1 Å². The van der Waals surface area contributed by atoms with E-state index < -0.39 is 4.92 Å². The van der Waals surface area contributed by atoms with Crippen LogP contribution < -0.4 is 10.6 Å². The Labute approximate surface area is 179 Å². The molecule has 3 rings (SSSR count). The molecule has 0 atom stereocenters. The van der Waals surface area contributed by atoms with Gasteiger partial charge in [0.05, 0.1) is 23.1 Å². The summed E-state index contributed by atoms with van der Waals surface area (Å²) in [5, 5.41) is 28.7. The number of anilines is 2. The number of para-hydroxylation sites is 3. The number of ether oxygens (including phenoxy) is 1. The molecule has 10 heteroatoms. The second-order valence-corrected chi connectivity index (χ2v) is 6.96. The molecular weight excluding hydrogens is 402 g/mol. The van der Waals surface area contributed by atoms with E-state index in [2.05, 4.69) is 15.5 Å². The molecular formula is C21H25N5O5. The minimum Gasteiger partial charge on any atom is -0.379 e. The lowest BCUT2D eigenvalue weighted by molar-refractivity contribution is -0.384. The van der Waals surface area contributed by atoms with Crippen LogP contribution in [0.3, 0.4) is 0 Å². The zero-order valence-corrected chi connectivity index (χ0v) is 17.0. The second kappa shape index (κ2) is 11.0. The first kappa shape index (κ1) is 22.2. The third-order valence-electron chi connectivity index (χ3n) is 4.90. The van der Waals surface area contributed by atoms with E-state index in [0.29, 0.717) is 44.2 Å². The molecule has 2 aromatic rings. The van der Waals surface area contributed by atoms with E-state index in [1.807, 2.05) is 18.2 Å². The fourth-order valence-electron chi connectivity index (χ4n) is 3.35. The second-order valence-electron chi connectivity index (χ2n) is 6.96. The molecule has 1 aliphatic rings. The van der Waals surface area contributed by atoms with Crippen molar-refractivity contribution in [1.82, 2.24) is 4.90 Å². The van der Waals surface area contributed by atoms with E-state index in [0.717, 1.165) is 18.7 Å². The maximum absolute atomic E-state index is 11.5. The molecule has 0 bridgehead atoms. The van der Waals surface area contributed by atoms with Crippen molar-refractivity contribution >= 4 is 22.7 Å². The Balaban J connectivity index is 1.60. The largest absolute Gasteiger partial charge is 0.379 e. The van der Waals surface area contributed by atoms with Gasteiger partial charge in [0.2, 0.25) is 0 Å². The van der Waals surface area contributed by atoms with Gasteiger partial charge in [0.1, 0.15) is 11.4 Å². The van der Waals surface area contributed by atoms with Gasteiger partial charge >= 0.3 is 0 Å². The van der Waals surface area contributed by atoms with E-state index in [9.17, 15) is 20.2 Å². The van der Waals surface area contributed by atoms with Gasteiger partial charge in [-0.15, -0.1) is 0 Å². The lowest BCUT2D eigenvalue weighted by atomic mass is 10.1. The molecule has 10 nitrogen and oxygen atoms in total. The van der Waals surface area contributed by atoms with Crippen LogP contribution in [0.4, 0.5) is 22.7 Å². The Morgan fingerprint density at radius 2 is 1.55 bits per heavy atom. The molecule has 2 N–H and O–H groups in total. The number of nitro groups is 2. The maximum atomic E-state index is 11.5.